The number of hydrogen-bond donors (Lipinski definition) is 1. The summed E-state index contributed by atoms with van der Waals surface area (Å²) in [6.45, 7) is 3.40. The third kappa shape index (κ3) is 4.66. The minimum absolute atomic E-state index is 0.405. The van der Waals surface area contributed by atoms with E-state index in [0.29, 0.717) is 12.7 Å². The van der Waals surface area contributed by atoms with Crippen molar-refractivity contribution >= 4 is 15.9 Å². The van der Waals surface area contributed by atoms with Crippen LogP contribution < -0.4 is 10.1 Å². The van der Waals surface area contributed by atoms with Gasteiger partial charge < -0.3 is 14.8 Å². The highest BCUT2D eigenvalue weighted by Crippen LogP contribution is 2.15. The lowest BCUT2D eigenvalue weighted by Crippen LogP contribution is -2.29. The van der Waals surface area contributed by atoms with Gasteiger partial charge in [-0.2, -0.15) is 0 Å². The molecule has 2 rings (SSSR count). The van der Waals surface area contributed by atoms with Crippen molar-refractivity contribution in [3.8, 4) is 5.75 Å². The molecule has 1 atom stereocenters. The lowest BCUT2D eigenvalue weighted by molar-refractivity contribution is 0.109. The maximum absolute atomic E-state index is 5.60. The fraction of sp³-hybridized carbons (Fsp3) is 0.538. The van der Waals surface area contributed by atoms with Crippen molar-refractivity contribution in [2.45, 2.75) is 18.9 Å². The molecule has 0 aliphatic carbocycles. The Labute approximate surface area is 111 Å². The molecule has 0 amide bonds. The molecule has 0 aromatic heterocycles. The molecule has 1 N–H and O–H groups in total. The quantitative estimate of drug-likeness (QED) is 0.819. The molecule has 1 saturated heterocycles. The summed E-state index contributed by atoms with van der Waals surface area (Å²) in [7, 11) is 0. The Hall–Kier alpha value is -0.580. The molecule has 4 heteroatoms. The summed E-state index contributed by atoms with van der Waals surface area (Å²) in [5.41, 5.74) is 0. The van der Waals surface area contributed by atoms with Gasteiger partial charge in [-0.1, -0.05) is 15.9 Å². The van der Waals surface area contributed by atoms with Crippen molar-refractivity contribution in [3.05, 3.63) is 28.7 Å². The number of nitrogens with one attached hydrogen (secondary N) is 1. The second-order valence-corrected chi connectivity index (χ2v) is 5.06. The van der Waals surface area contributed by atoms with E-state index in [1.807, 2.05) is 24.3 Å². The highest BCUT2D eigenvalue weighted by Gasteiger charge is 2.14. The second-order valence-electron chi connectivity index (χ2n) is 4.14. The van der Waals surface area contributed by atoms with Crippen molar-refractivity contribution < 1.29 is 9.47 Å². The van der Waals surface area contributed by atoms with Gasteiger partial charge in [0.15, 0.2) is 0 Å². The van der Waals surface area contributed by atoms with Crippen LogP contribution in [0.4, 0.5) is 0 Å². The SMILES string of the molecule is Brc1ccc(OCCNCC2CCCO2)cc1. The zero-order chi connectivity index (χ0) is 11.9. The maximum atomic E-state index is 5.60. The number of rotatable bonds is 6. The van der Waals surface area contributed by atoms with E-state index in [2.05, 4.69) is 21.2 Å². The van der Waals surface area contributed by atoms with Gasteiger partial charge in [0, 0.05) is 24.2 Å². The van der Waals surface area contributed by atoms with Gasteiger partial charge in [-0.25, -0.2) is 0 Å². The third-order valence-corrected chi connectivity index (χ3v) is 3.29. The maximum Gasteiger partial charge on any atom is 0.119 e. The lowest BCUT2D eigenvalue weighted by Gasteiger charge is -2.11. The Morgan fingerprint density at radius 3 is 2.88 bits per heavy atom. The Bertz CT molecular complexity index is 323. The zero-order valence-corrected chi connectivity index (χ0v) is 11.4. The van der Waals surface area contributed by atoms with Crippen LogP contribution in [0.5, 0.6) is 5.75 Å². The van der Waals surface area contributed by atoms with Gasteiger partial charge in [0.25, 0.3) is 0 Å². The summed E-state index contributed by atoms with van der Waals surface area (Å²) in [4.78, 5) is 0. The Balaban J connectivity index is 1.55. The Morgan fingerprint density at radius 2 is 2.18 bits per heavy atom. The van der Waals surface area contributed by atoms with E-state index in [1.165, 1.54) is 12.8 Å². The zero-order valence-electron chi connectivity index (χ0n) is 9.82. The van der Waals surface area contributed by atoms with Crippen molar-refractivity contribution in [2.75, 3.05) is 26.3 Å². The number of halogens is 1. The molecule has 1 aromatic carbocycles. The molecule has 0 bridgehead atoms. The monoisotopic (exact) mass is 299 g/mol. The van der Waals surface area contributed by atoms with Gasteiger partial charge in [0.2, 0.25) is 0 Å². The topological polar surface area (TPSA) is 30.5 Å². The van der Waals surface area contributed by atoms with Crippen LogP contribution in [-0.2, 0) is 4.74 Å². The molecule has 1 aliphatic rings. The van der Waals surface area contributed by atoms with Gasteiger partial charge in [-0.15, -0.1) is 0 Å². The van der Waals surface area contributed by atoms with Crippen LogP contribution in [0.1, 0.15) is 12.8 Å². The fourth-order valence-electron chi connectivity index (χ4n) is 1.84. The Morgan fingerprint density at radius 1 is 1.35 bits per heavy atom. The molecule has 1 fully saturated rings. The number of hydrogen-bond acceptors (Lipinski definition) is 3. The first-order valence-electron chi connectivity index (χ1n) is 6.05. The van der Waals surface area contributed by atoms with Crippen LogP contribution in [0.15, 0.2) is 28.7 Å². The van der Waals surface area contributed by atoms with E-state index in [9.17, 15) is 0 Å². The van der Waals surface area contributed by atoms with Crippen molar-refractivity contribution in [1.29, 1.82) is 0 Å². The second kappa shape index (κ2) is 6.99. The summed E-state index contributed by atoms with van der Waals surface area (Å²) in [5, 5.41) is 3.35. The minimum atomic E-state index is 0.405. The molecule has 3 nitrogen and oxygen atoms in total. The molecule has 17 heavy (non-hydrogen) atoms. The van der Waals surface area contributed by atoms with E-state index in [-0.39, 0.29) is 0 Å². The van der Waals surface area contributed by atoms with Crippen LogP contribution in [0.2, 0.25) is 0 Å². The molecular weight excluding hydrogens is 282 g/mol. The average molecular weight is 300 g/mol. The summed E-state index contributed by atoms with van der Waals surface area (Å²) < 4.78 is 12.2. The summed E-state index contributed by atoms with van der Waals surface area (Å²) in [6.07, 6.45) is 2.78. The van der Waals surface area contributed by atoms with Crippen LogP contribution in [0.25, 0.3) is 0 Å². The first kappa shape index (κ1) is 12.9. The van der Waals surface area contributed by atoms with Crippen LogP contribution in [0.3, 0.4) is 0 Å². The fourth-order valence-corrected chi connectivity index (χ4v) is 2.10. The molecule has 1 heterocycles. The highest BCUT2D eigenvalue weighted by molar-refractivity contribution is 9.10. The highest BCUT2D eigenvalue weighted by atomic mass is 79.9. The van der Waals surface area contributed by atoms with Gasteiger partial charge in [-0.05, 0) is 37.1 Å². The Kier molecular flexibility index (Phi) is 5.29. The van der Waals surface area contributed by atoms with Gasteiger partial charge >= 0.3 is 0 Å². The average Bonchev–Trinajstić information content (AvgIpc) is 2.84. The normalized spacial score (nSPS) is 19.5. The molecule has 1 unspecified atom stereocenters. The smallest absolute Gasteiger partial charge is 0.119 e. The van der Waals surface area contributed by atoms with Crippen molar-refractivity contribution in [1.82, 2.24) is 5.32 Å². The molecule has 94 valence electrons. The molecule has 0 spiro atoms. The molecular formula is C13H18BrNO2. The first-order valence-corrected chi connectivity index (χ1v) is 6.84. The van der Waals surface area contributed by atoms with Gasteiger partial charge in [-0.3, -0.25) is 0 Å². The summed E-state index contributed by atoms with van der Waals surface area (Å²) in [5.74, 6) is 0.909. The molecule has 0 radical (unpaired) electrons. The number of ether oxygens (including phenoxy) is 2. The van der Waals surface area contributed by atoms with Crippen LogP contribution in [-0.4, -0.2) is 32.4 Å². The van der Waals surface area contributed by atoms with Gasteiger partial charge in [0.05, 0.1) is 6.10 Å². The van der Waals surface area contributed by atoms with E-state index in [0.717, 1.165) is 29.9 Å². The minimum Gasteiger partial charge on any atom is -0.492 e. The van der Waals surface area contributed by atoms with Crippen LogP contribution >= 0.6 is 15.9 Å². The molecule has 0 saturated carbocycles. The van der Waals surface area contributed by atoms with E-state index in [4.69, 9.17) is 9.47 Å². The predicted molar refractivity (Wildman–Crippen MR) is 71.5 cm³/mol. The summed E-state index contributed by atoms with van der Waals surface area (Å²) in [6, 6.07) is 7.89. The molecule has 1 aliphatic heterocycles. The molecule has 1 aromatic rings. The third-order valence-electron chi connectivity index (χ3n) is 2.76. The van der Waals surface area contributed by atoms with Crippen molar-refractivity contribution in [3.63, 3.8) is 0 Å². The van der Waals surface area contributed by atoms with Crippen molar-refractivity contribution in [2.24, 2.45) is 0 Å². The summed E-state index contributed by atoms with van der Waals surface area (Å²) >= 11 is 3.39. The number of benzene rings is 1. The van der Waals surface area contributed by atoms with Gasteiger partial charge in [0.1, 0.15) is 12.4 Å². The van der Waals surface area contributed by atoms with E-state index < -0.39 is 0 Å². The lowest BCUT2D eigenvalue weighted by atomic mass is 10.2. The first-order chi connectivity index (χ1) is 8.34. The standard InChI is InChI=1S/C13H18BrNO2/c14-11-3-5-12(6-4-11)17-9-7-15-10-13-2-1-8-16-13/h3-6,13,15H,1-2,7-10H2. The van der Waals surface area contributed by atoms with E-state index >= 15 is 0 Å². The van der Waals surface area contributed by atoms with Crippen LogP contribution in [0, 0.1) is 0 Å². The largest absolute Gasteiger partial charge is 0.492 e. The predicted octanol–water partition coefficient (Wildman–Crippen LogP) is 2.60. The van der Waals surface area contributed by atoms with E-state index in [1.54, 1.807) is 0 Å².